The Morgan fingerprint density at radius 3 is 2.41 bits per heavy atom. The third-order valence-electron chi connectivity index (χ3n) is 3.66. The van der Waals surface area contributed by atoms with Crippen LogP contribution in [0.4, 0.5) is 22.0 Å². The minimum atomic E-state index is -4.53. The molecule has 0 saturated carbocycles. The van der Waals surface area contributed by atoms with Gasteiger partial charge < -0.3 is 10.1 Å². The summed E-state index contributed by atoms with van der Waals surface area (Å²) in [6, 6.07) is 0.594. The predicted octanol–water partition coefficient (Wildman–Crippen LogP) is 2.87. The van der Waals surface area contributed by atoms with Gasteiger partial charge in [0.2, 0.25) is 0 Å². The third kappa shape index (κ3) is 3.86. The van der Waals surface area contributed by atoms with Gasteiger partial charge in [0, 0.05) is 37.8 Å². The first-order chi connectivity index (χ1) is 10.3. The average Bonchev–Trinajstić information content (AvgIpc) is 2.46. The van der Waals surface area contributed by atoms with Gasteiger partial charge in [-0.05, 0) is 12.1 Å². The Balaban J connectivity index is 2.43. The molecule has 0 spiro atoms. The molecule has 1 aromatic rings. The second kappa shape index (κ2) is 6.78. The fourth-order valence-corrected chi connectivity index (χ4v) is 2.64. The van der Waals surface area contributed by atoms with Gasteiger partial charge in [0.05, 0.1) is 13.5 Å². The van der Waals surface area contributed by atoms with Crippen molar-refractivity contribution in [2.75, 3.05) is 33.3 Å². The first-order valence-electron chi connectivity index (χ1n) is 6.87. The summed E-state index contributed by atoms with van der Waals surface area (Å²) >= 11 is 0. The number of hydrogen-bond donors (Lipinski definition) is 1. The van der Waals surface area contributed by atoms with Crippen LogP contribution >= 0.6 is 0 Å². The van der Waals surface area contributed by atoms with E-state index in [0.717, 1.165) is 12.1 Å². The topological polar surface area (TPSA) is 24.5 Å². The molecule has 1 heterocycles. The zero-order valence-corrected chi connectivity index (χ0v) is 12.0. The molecule has 8 heteroatoms. The predicted molar refractivity (Wildman–Crippen MR) is 70.8 cm³/mol. The molecule has 0 radical (unpaired) electrons. The molecule has 1 N–H and O–H groups in total. The number of ether oxygens (including phenoxy) is 1. The minimum absolute atomic E-state index is 0.265. The summed E-state index contributed by atoms with van der Waals surface area (Å²) in [6.45, 7) is 1.52. The maximum absolute atomic E-state index is 14.3. The molecule has 1 aliphatic heterocycles. The van der Waals surface area contributed by atoms with E-state index in [4.69, 9.17) is 4.74 Å². The Kier molecular flexibility index (Phi) is 5.23. The summed E-state index contributed by atoms with van der Waals surface area (Å²) in [7, 11) is 1.18. The fourth-order valence-electron chi connectivity index (χ4n) is 2.64. The minimum Gasteiger partial charge on any atom is -0.494 e. The van der Waals surface area contributed by atoms with E-state index in [1.54, 1.807) is 0 Å². The number of hydrogen-bond acceptors (Lipinski definition) is 3. The lowest BCUT2D eigenvalue weighted by atomic mass is 9.99. The van der Waals surface area contributed by atoms with Crippen molar-refractivity contribution >= 4 is 0 Å². The van der Waals surface area contributed by atoms with Crippen molar-refractivity contribution in [2.45, 2.75) is 18.6 Å². The van der Waals surface area contributed by atoms with E-state index in [2.05, 4.69) is 5.32 Å². The Hall–Kier alpha value is -1.41. The van der Waals surface area contributed by atoms with E-state index in [-0.39, 0.29) is 18.8 Å². The van der Waals surface area contributed by atoms with Crippen LogP contribution in [-0.2, 0) is 0 Å². The molecule has 0 amide bonds. The number of rotatable bonds is 4. The number of halogens is 5. The number of piperazine rings is 1. The maximum Gasteiger partial charge on any atom is 0.390 e. The Morgan fingerprint density at radius 1 is 1.23 bits per heavy atom. The maximum atomic E-state index is 14.3. The SMILES string of the molecule is COc1ccc(F)c([C@@H](CC(F)(F)F)N2CCNCC2)c1F. The molecule has 3 nitrogen and oxygen atoms in total. The van der Waals surface area contributed by atoms with Gasteiger partial charge in [-0.15, -0.1) is 0 Å². The van der Waals surface area contributed by atoms with Crippen molar-refractivity contribution in [3.05, 3.63) is 29.3 Å². The summed E-state index contributed by atoms with van der Waals surface area (Å²) in [5.41, 5.74) is -0.585. The summed E-state index contributed by atoms with van der Waals surface area (Å²) in [6.07, 6.45) is -5.84. The van der Waals surface area contributed by atoms with Gasteiger partial charge in [0.1, 0.15) is 5.82 Å². The van der Waals surface area contributed by atoms with Crippen LogP contribution in [0.1, 0.15) is 18.0 Å². The molecule has 1 saturated heterocycles. The lowest BCUT2D eigenvalue weighted by Gasteiger charge is -2.36. The number of alkyl halides is 3. The second-order valence-electron chi connectivity index (χ2n) is 5.10. The standard InChI is InChI=1S/C14H17F5N2O/c1-22-11-3-2-9(15)12(13(11)16)10(8-14(17,18)19)21-6-4-20-5-7-21/h2-3,10,20H,4-8H2,1H3/t10-/m1/s1. The highest BCUT2D eigenvalue weighted by molar-refractivity contribution is 5.34. The van der Waals surface area contributed by atoms with E-state index in [9.17, 15) is 22.0 Å². The van der Waals surface area contributed by atoms with E-state index in [1.165, 1.54) is 12.0 Å². The van der Waals surface area contributed by atoms with Gasteiger partial charge >= 0.3 is 6.18 Å². The van der Waals surface area contributed by atoms with Crippen molar-refractivity contribution in [1.82, 2.24) is 10.2 Å². The zero-order chi connectivity index (χ0) is 16.3. The highest BCUT2D eigenvalue weighted by Gasteiger charge is 2.39. The molecule has 1 atom stereocenters. The number of nitrogens with one attached hydrogen (secondary N) is 1. The molecule has 1 fully saturated rings. The highest BCUT2D eigenvalue weighted by Crippen LogP contribution is 2.38. The van der Waals surface area contributed by atoms with Gasteiger partial charge in [-0.25, -0.2) is 8.78 Å². The van der Waals surface area contributed by atoms with Gasteiger partial charge in [-0.1, -0.05) is 0 Å². The van der Waals surface area contributed by atoms with Crippen molar-refractivity contribution in [2.24, 2.45) is 0 Å². The second-order valence-corrected chi connectivity index (χ2v) is 5.10. The summed E-state index contributed by atoms with van der Waals surface area (Å²) in [5, 5.41) is 3.00. The fraction of sp³-hybridized carbons (Fsp3) is 0.571. The molecule has 22 heavy (non-hydrogen) atoms. The summed E-state index contributed by atoms with van der Waals surface area (Å²) < 4.78 is 71.8. The molecule has 1 aliphatic rings. The monoisotopic (exact) mass is 324 g/mol. The molecule has 124 valence electrons. The molecular weight excluding hydrogens is 307 g/mol. The molecule has 2 rings (SSSR count). The third-order valence-corrected chi connectivity index (χ3v) is 3.66. The van der Waals surface area contributed by atoms with Crippen LogP contribution in [0.25, 0.3) is 0 Å². The molecule has 0 bridgehead atoms. The van der Waals surface area contributed by atoms with E-state index >= 15 is 0 Å². The van der Waals surface area contributed by atoms with E-state index in [0.29, 0.717) is 13.1 Å². The molecule has 0 aromatic heterocycles. The lowest BCUT2D eigenvalue weighted by molar-refractivity contribution is -0.149. The van der Waals surface area contributed by atoms with Crippen LogP contribution in [0.15, 0.2) is 12.1 Å². The lowest BCUT2D eigenvalue weighted by Crippen LogP contribution is -2.46. The smallest absolute Gasteiger partial charge is 0.390 e. The average molecular weight is 324 g/mol. The van der Waals surface area contributed by atoms with Gasteiger partial charge in [-0.3, -0.25) is 4.90 Å². The Bertz CT molecular complexity index is 515. The van der Waals surface area contributed by atoms with Gasteiger partial charge in [-0.2, -0.15) is 13.2 Å². The molecule has 0 unspecified atom stereocenters. The van der Waals surface area contributed by atoms with Crippen molar-refractivity contribution in [3.63, 3.8) is 0 Å². The van der Waals surface area contributed by atoms with Crippen LogP contribution in [-0.4, -0.2) is 44.4 Å². The summed E-state index contributed by atoms with van der Waals surface area (Å²) in [5.74, 6) is -2.33. The number of methoxy groups -OCH3 is 1. The van der Waals surface area contributed by atoms with Gasteiger partial charge in [0.15, 0.2) is 11.6 Å². The van der Waals surface area contributed by atoms with Crippen molar-refractivity contribution < 1.29 is 26.7 Å². The first-order valence-corrected chi connectivity index (χ1v) is 6.87. The number of benzene rings is 1. The normalized spacial score (nSPS) is 18.3. The van der Waals surface area contributed by atoms with Gasteiger partial charge in [0.25, 0.3) is 0 Å². The quantitative estimate of drug-likeness (QED) is 0.862. The van der Waals surface area contributed by atoms with Crippen LogP contribution in [0.3, 0.4) is 0 Å². The van der Waals surface area contributed by atoms with E-state index < -0.39 is 35.8 Å². The van der Waals surface area contributed by atoms with Crippen LogP contribution < -0.4 is 10.1 Å². The first kappa shape index (κ1) is 17.0. The molecular formula is C14H17F5N2O. The van der Waals surface area contributed by atoms with Crippen LogP contribution in [0.5, 0.6) is 5.75 Å². The number of nitrogens with zero attached hydrogens (tertiary/aromatic N) is 1. The van der Waals surface area contributed by atoms with E-state index in [1.807, 2.05) is 0 Å². The molecule has 1 aromatic carbocycles. The Morgan fingerprint density at radius 2 is 1.86 bits per heavy atom. The van der Waals surface area contributed by atoms with Crippen LogP contribution in [0, 0.1) is 11.6 Å². The van der Waals surface area contributed by atoms with Crippen molar-refractivity contribution in [3.8, 4) is 5.75 Å². The van der Waals surface area contributed by atoms with Crippen molar-refractivity contribution in [1.29, 1.82) is 0 Å². The largest absolute Gasteiger partial charge is 0.494 e. The summed E-state index contributed by atoms with van der Waals surface area (Å²) in [4.78, 5) is 1.45. The zero-order valence-electron chi connectivity index (χ0n) is 12.0. The van der Waals surface area contributed by atoms with Crippen LogP contribution in [0.2, 0.25) is 0 Å². The highest BCUT2D eigenvalue weighted by atomic mass is 19.4. The Labute approximate surface area is 125 Å². The molecule has 0 aliphatic carbocycles.